The summed E-state index contributed by atoms with van der Waals surface area (Å²) in [6.45, 7) is 5.18. The number of fused-ring (bicyclic) bond motifs is 1. The smallest absolute Gasteiger partial charge is 0.335 e. The minimum atomic E-state index is -0.750. The van der Waals surface area contributed by atoms with E-state index >= 15 is 0 Å². The van der Waals surface area contributed by atoms with Crippen LogP contribution >= 0.6 is 0 Å². The van der Waals surface area contributed by atoms with Crippen LogP contribution in [0.3, 0.4) is 0 Å². The first kappa shape index (κ1) is 23.9. The second-order valence-electron chi connectivity index (χ2n) is 7.54. The Kier molecular flexibility index (Phi) is 7.73. The zero-order chi connectivity index (χ0) is 24.0. The van der Waals surface area contributed by atoms with Crippen molar-refractivity contribution in [1.82, 2.24) is 14.7 Å². The number of ether oxygens (including phenoxy) is 1. The van der Waals surface area contributed by atoms with E-state index < -0.39 is 11.6 Å². The van der Waals surface area contributed by atoms with Crippen LogP contribution in [-0.4, -0.2) is 41.5 Å². The summed E-state index contributed by atoms with van der Waals surface area (Å²) in [5.74, 6) is 1.21. The molecular formula is C23H24N4O5S. The molecule has 172 valence electrons. The molecule has 4 rings (SSSR count). The van der Waals surface area contributed by atoms with Gasteiger partial charge in [0.15, 0.2) is 5.82 Å². The van der Waals surface area contributed by atoms with Crippen LogP contribution in [-0.2, 0) is 25.2 Å². The lowest BCUT2D eigenvalue weighted by atomic mass is 10.0. The van der Waals surface area contributed by atoms with E-state index in [0.29, 0.717) is 41.5 Å². The number of rotatable bonds is 6. The van der Waals surface area contributed by atoms with Gasteiger partial charge in [0.25, 0.3) is 11.8 Å². The van der Waals surface area contributed by atoms with Crippen molar-refractivity contribution >= 4 is 29.2 Å². The van der Waals surface area contributed by atoms with Crippen molar-refractivity contribution in [2.45, 2.75) is 26.8 Å². The molecule has 1 aliphatic rings. The topological polar surface area (TPSA) is 111 Å². The molecule has 10 heteroatoms. The minimum absolute atomic E-state index is 0.0758. The molecule has 9 nitrogen and oxygen atoms in total. The number of anilines is 1. The van der Waals surface area contributed by atoms with Gasteiger partial charge in [-0.15, -0.1) is 0 Å². The Morgan fingerprint density at radius 1 is 1.18 bits per heavy atom. The van der Waals surface area contributed by atoms with E-state index in [1.807, 2.05) is 38.1 Å². The Morgan fingerprint density at radius 3 is 2.48 bits per heavy atom. The molecule has 2 amide bonds. The number of hydrogen-bond donors (Lipinski definition) is 1. The molecule has 0 spiro atoms. The molecule has 2 heterocycles. The van der Waals surface area contributed by atoms with Crippen LogP contribution in [0.4, 0.5) is 5.82 Å². The molecule has 1 aliphatic heterocycles. The van der Waals surface area contributed by atoms with Gasteiger partial charge < -0.3 is 15.0 Å². The number of hydrogen-bond acceptors (Lipinski definition) is 6. The zero-order valence-electron chi connectivity index (χ0n) is 18.5. The van der Waals surface area contributed by atoms with Gasteiger partial charge in [0.1, 0.15) is 11.5 Å². The number of amides is 2. The highest BCUT2D eigenvalue weighted by molar-refractivity contribution is 7.51. The third-order valence-corrected chi connectivity index (χ3v) is 5.04. The fourth-order valence-electron chi connectivity index (χ4n) is 3.51. The predicted molar refractivity (Wildman–Crippen MR) is 123 cm³/mol. The second kappa shape index (κ2) is 10.7. The summed E-state index contributed by atoms with van der Waals surface area (Å²) < 4.78 is 24.3. The lowest BCUT2D eigenvalue weighted by Crippen LogP contribution is -2.24. The third kappa shape index (κ3) is 5.72. The molecule has 0 bridgehead atoms. The first-order valence-electron chi connectivity index (χ1n) is 10.3. The summed E-state index contributed by atoms with van der Waals surface area (Å²) in [7, 11) is 1.78. The fourth-order valence-corrected chi connectivity index (χ4v) is 3.51. The van der Waals surface area contributed by atoms with Gasteiger partial charge in [-0.05, 0) is 37.6 Å². The van der Waals surface area contributed by atoms with Crippen LogP contribution in [0.1, 0.15) is 45.2 Å². The average molecular weight is 469 g/mol. The van der Waals surface area contributed by atoms with Crippen LogP contribution in [0.25, 0.3) is 0 Å². The minimum Gasteiger partial charge on any atom is -0.457 e. The van der Waals surface area contributed by atoms with Crippen LogP contribution in [0, 0.1) is 6.92 Å². The summed E-state index contributed by atoms with van der Waals surface area (Å²) in [5, 5.41) is 6.95. The van der Waals surface area contributed by atoms with Gasteiger partial charge in [0, 0.05) is 42.5 Å². The fraction of sp³-hybridized carbons (Fsp3) is 0.261. The largest absolute Gasteiger partial charge is 0.457 e. The van der Waals surface area contributed by atoms with E-state index in [2.05, 4.69) is 10.4 Å². The lowest BCUT2D eigenvalue weighted by molar-refractivity contribution is 0.0778. The quantitative estimate of drug-likeness (QED) is 0.593. The Balaban J connectivity index is 0.000000968. The number of nitrogens with zero attached hydrogens (tertiary/aromatic N) is 3. The average Bonchev–Trinajstić information content (AvgIpc) is 3.33. The van der Waals surface area contributed by atoms with Gasteiger partial charge in [-0.25, -0.2) is 0 Å². The van der Waals surface area contributed by atoms with E-state index in [9.17, 15) is 9.59 Å². The van der Waals surface area contributed by atoms with Crippen molar-refractivity contribution in [3.8, 4) is 11.5 Å². The number of benzene rings is 2. The Morgan fingerprint density at radius 2 is 1.88 bits per heavy atom. The molecular weight excluding hydrogens is 444 g/mol. The van der Waals surface area contributed by atoms with Gasteiger partial charge in [-0.3, -0.25) is 14.3 Å². The molecule has 0 atom stereocenters. The van der Waals surface area contributed by atoms with Crippen LogP contribution in [0.5, 0.6) is 11.5 Å². The summed E-state index contributed by atoms with van der Waals surface area (Å²) in [6.07, 6.45) is 2.61. The van der Waals surface area contributed by atoms with Gasteiger partial charge in [0.05, 0.1) is 6.54 Å². The van der Waals surface area contributed by atoms with E-state index in [0.717, 1.165) is 17.5 Å². The van der Waals surface area contributed by atoms with E-state index in [1.54, 1.807) is 41.0 Å². The first-order valence-corrected chi connectivity index (χ1v) is 11.0. The normalized spacial score (nSPS) is 12.0. The molecule has 3 aromatic rings. The summed E-state index contributed by atoms with van der Waals surface area (Å²) in [4.78, 5) is 27.5. The number of nitrogens with one attached hydrogen (secondary N) is 1. The first-order chi connectivity index (χ1) is 15.9. The monoisotopic (exact) mass is 468 g/mol. The molecule has 2 aromatic carbocycles. The van der Waals surface area contributed by atoms with Gasteiger partial charge in [0.2, 0.25) is 0 Å². The second-order valence-corrected chi connectivity index (χ2v) is 7.68. The highest BCUT2D eigenvalue weighted by Crippen LogP contribution is 2.35. The predicted octanol–water partition coefficient (Wildman–Crippen LogP) is 3.47. The highest BCUT2D eigenvalue weighted by atomic mass is 32.1. The maximum atomic E-state index is 12.9. The Hall–Kier alpha value is -3.79. The van der Waals surface area contributed by atoms with Crippen LogP contribution < -0.4 is 10.1 Å². The van der Waals surface area contributed by atoms with Crippen molar-refractivity contribution < 1.29 is 22.7 Å². The highest BCUT2D eigenvalue weighted by Gasteiger charge is 2.31. The van der Waals surface area contributed by atoms with E-state index in [4.69, 9.17) is 13.2 Å². The molecule has 33 heavy (non-hydrogen) atoms. The van der Waals surface area contributed by atoms with Gasteiger partial charge in [-0.1, -0.05) is 24.6 Å². The summed E-state index contributed by atoms with van der Waals surface area (Å²) >= 11 is -0.750. The molecule has 0 aliphatic carbocycles. The Labute approximate surface area is 195 Å². The lowest BCUT2D eigenvalue weighted by Gasteiger charge is -2.14. The Bertz CT molecular complexity index is 1200. The number of carbonyl (C=O) groups is 2. The van der Waals surface area contributed by atoms with Crippen LogP contribution in [0.2, 0.25) is 0 Å². The SMILES string of the molecule is CCCN1Cc2c(Oc3ccc(C)cc3)cc(C(=O)Nc3ccn(C)n3)cc2C1=O.O=S=O. The van der Waals surface area contributed by atoms with Crippen LogP contribution in [0.15, 0.2) is 48.7 Å². The van der Waals surface area contributed by atoms with Crippen molar-refractivity contribution in [3.63, 3.8) is 0 Å². The maximum Gasteiger partial charge on any atom is 0.335 e. The molecule has 0 fully saturated rings. The zero-order valence-corrected chi connectivity index (χ0v) is 19.3. The number of aromatic nitrogens is 2. The molecule has 1 N–H and O–H groups in total. The number of aryl methyl sites for hydroxylation is 2. The van der Waals surface area contributed by atoms with Gasteiger partial charge in [-0.2, -0.15) is 13.5 Å². The number of carbonyl (C=O) groups excluding carboxylic acids is 2. The molecule has 0 radical (unpaired) electrons. The summed E-state index contributed by atoms with van der Waals surface area (Å²) in [6, 6.07) is 12.7. The van der Waals surface area contributed by atoms with E-state index in [1.165, 1.54) is 0 Å². The van der Waals surface area contributed by atoms with Crippen molar-refractivity contribution in [1.29, 1.82) is 0 Å². The van der Waals surface area contributed by atoms with Crippen molar-refractivity contribution in [2.24, 2.45) is 7.05 Å². The van der Waals surface area contributed by atoms with Gasteiger partial charge >= 0.3 is 11.6 Å². The van der Waals surface area contributed by atoms with Crippen molar-refractivity contribution in [3.05, 3.63) is 70.9 Å². The third-order valence-electron chi connectivity index (χ3n) is 5.04. The molecule has 0 unspecified atom stereocenters. The molecule has 0 saturated carbocycles. The van der Waals surface area contributed by atoms with E-state index in [-0.39, 0.29) is 11.8 Å². The standard InChI is InChI=1S/C23H24N4O3.O2S/c1-4-10-27-14-19-18(23(27)29)12-16(22(28)24-21-9-11-26(3)25-21)13-20(19)30-17-7-5-15(2)6-8-17;1-3-2/h5-9,11-13H,4,10,14H2,1-3H3,(H,24,25,28);. The van der Waals surface area contributed by atoms with Crippen molar-refractivity contribution in [2.75, 3.05) is 11.9 Å². The molecule has 1 aromatic heterocycles. The molecule has 0 saturated heterocycles. The maximum absolute atomic E-state index is 12.9. The summed E-state index contributed by atoms with van der Waals surface area (Å²) in [5.41, 5.74) is 2.80.